The van der Waals surface area contributed by atoms with Crippen molar-refractivity contribution in [1.82, 2.24) is 0 Å². The second kappa shape index (κ2) is 38.4. The third kappa shape index (κ3) is 29.2. The van der Waals surface area contributed by atoms with Crippen molar-refractivity contribution in [2.45, 2.75) is 205 Å². The zero-order valence-corrected chi connectivity index (χ0v) is 35.4. The molecular weight excluding hydrogens is 709 g/mol. The van der Waals surface area contributed by atoms with Crippen LogP contribution in [0.2, 0.25) is 0 Å². The standard InChI is InChI=1S/C47H82O9/c1-3-5-7-9-11-13-15-17-18-19-20-21-22-23-25-27-29-31-33-35-37-53-39-41(40-54-47-46(52)45(51)44(50)42(38-48)56-47)55-43(49)36-34-32-30-28-26-24-16-14-12-10-8-6-4-2/h6,8,12,14,17-18,24,26,30,32,41-42,44-48,50-52H,3-5,7,9-11,13,15-16,19-23,25,27-29,31,33-40H2,1-2H3/b8-6-,14-12-,18-17-,26-24-,32-30-. The number of carbonyl (C=O) groups is 1. The molecule has 1 saturated heterocycles. The van der Waals surface area contributed by atoms with Crippen LogP contribution in [0.15, 0.2) is 60.8 Å². The lowest BCUT2D eigenvalue weighted by molar-refractivity contribution is -0.305. The van der Waals surface area contributed by atoms with Gasteiger partial charge in [-0.3, -0.25) is 4.79 Å². The summed E-state index contributed by atoms with van der Waals surface area (Å²) in [5, 5.41) is 40.1. The van der Waals surface area contributed by atoms with Gasteiger partial charge >= 0.3 is 5.97 Å². The van der Waals surface area contributed by atoms with Gasteiger partial charge in [0.25, 0.3) is 0 Å². The lowest BCUT2D eigenvalue weighted by atomic mass is 9.99. The van der Waals surface area contributed by atoms with E-state index in [4.69, 9.17) is 18.9 Å². The van der Waals surface area contributed by atoms with Crippen LogP contribution < -0.4 is 0 Å². The van der Waals surface area contributed by atoms with Crippen molar-refractivity contribution in [3.05, 3.63) is 60.8 Å². The van der Waals surface area contributed by atoms with E-state index in [0.717, 1.165) is 38.5 Å². The Hall–Kier alpha value is -2.11. The van der Waals surface area contributed by atoms with Gasteiger partial charge in [0.15, 0.2) is 6.29 Å². The fourth-order valence-electron chi connectivity index (χ4n) is 6.44. The molecule has 6 atom stereocenters. The summed E-state index contributed by atoms with van der Waals surface area (Å²) >= 11 is 0. The van der Waals surface area contributed by atoms with Crippen molar-refractivity contribution in [2.75, 3.05) is 26.4 Å². The molecule has 1 aliphatic heterocycles. The first-order valence-corrected chi connectivity index (χ1v) is 22.4. The SMILES string of the molecule is CC/C=C\C/C=C\C/C=C\C/C=C\CCC(=O)OC(COCCCCCCCCCCCC/C=C\CCCCCCCC)COC1OC(CO)C(O)C(O)C1O. The quantitative estimate of drug-likeness (QED) is 0.0276. The molecule has 1 aliphatic rings. The fraction of sp³-hybridized carbons (Fsp3) is 0.766. The second-order valence-corrected chi connectivity index (χ2v) is 15.1. The average Bonchev–Trinajstić information content (AvgIpc) is 3.20. The molecule has 0 aromatic rings. The number of rotatable bonds is 37. The fourth-order valence-corrected chi connectivity index (χ4v) is 6.44. The van der Waals surface area contributed by atoms with Gasteiger partial charge in [0, 0.05) is 13.0 Å². The zero-order valence-electron chi connectivity index (χ0n) is 35.4. The number of ether oxygens (including phenoxy) is 4. The van der Waals surface area contributed by atoms with E-state index in [0.29, 0.717) is 13.0 Å². The van der Waals surface area contributed by atoms with E-state index in [1.807, 2.05) is 12.2 Å². The van der Waals surface area contributed by atoms with Crippen LogP contribution >= 0.6 is 0 Å². The Bertz CT molecular complexity index is 1040. The normalized spacial score (nSPS) is 21.1. The number of carbonyl (C=O) groups excluding carboxylic acids is 1. The molecule has 0 aromatic heterocycles. The van der Waals surface area contributed by atoms with Gasteiger partial charge in [-0.15, -0.1) is 0 Å². The van der Waals surface area contributed by atoms with Gasteiger partial charge < -0.3 is 39.4 Å². The number of aliphatic hydroxyl groups is 4. The molecule has 0 amide bonds. The van der Waals surface area contributed by atoms with Crippen molar-refractivity contribution < 1.29 is 44.2 Å². The maximum Gasteiger partial charge on any atom is 0.306 e. The van der Waals surface area contributed by atoms with E-state index < -0.39 is 49.4 Å². The molecule has 9 heteroatoms. The summed E-state index contributed by atoms with van der Waals surface area (Å²) in [6, 6.07) is 0. The lowest BCUT2D eigenvalue weighted by Crippen LogP contribution is -2.59. The summed E-state index contributed by atoms with van der Waals surface area (Å²) in [7, 11) is 0. The molecule has 1 rings (SSSR count). The van der Waals surface area contributed by atoms with E-state index in [-0.39, 0.29) is 19.6 Å². The Morgan fingerprint density at radius 2 is 1.09 bits per heavy atom. The summed E-state index contributed by atoms with van der Waals surface area (Å²) in [5.74, 6) is -0.394. The topological polar surface area (TPSA) is 135 Å². The predicted octanol–water partition coefficient (Wildman–Crippen LogP) is 9.91. The van der Waals surface area contributed by atoms with Crippen LogP contribution in [0, 0.1) is 0 Å². The number of allylic oxidation sites excluding steroid dienone is 10. The summed E-state index contributed by atoms with van der Waals surface area (Å²) in [6.07, 6.45) is 41.3. The lowest BCUT2D eigenvalue weighted by Gasteiger charge is -2.39. The molecule has 0 aliphatic carbocycles. The molecule has 6 unspecified atom stereocenters. The Morgan fingerprint density at radius 1 is 0.589 bits per heavy atom. The Morgan fingerprint density at radius 3 is 1.64 bits per heavy atom. The van der Waals surface area contributed by atoms with Gasteiger partial charge in [-0.2, -0.15) is 0 Å². The molecule has 324 valence electrons. The summed E-state index contributed by atoms with van der Waals surface area (Å²) < 4.78 is 22.7. The Balaban J connectivity index is 2.28. The molecule has 0 aromatic carbocycles. The molecule has 9 nitrogen and oxygen atoms in total. The smallest absolute Gasteiger partial charge is 0.306 e. The molecule has 4 N–H and O–H groups in total. The Labute approximate surface area is 341 Å². The third-order valence-electron chi connectivity index (χ3n) is 9.93. The van der Waals surface area contributed by atoms with E-state index >= 15 is 0 Å². The molecular formula is C47H82O9. The highest BCUT2D eigenvalue weighted by atomic mass is 16.7. The average molecular weight is 791 g/mol. The van der Waals surface area contributed by atoms with Crippen molar-refractivity contribution in [3.63, 3.8) is 0 Å². The van der Waals surface area contributed by atoms with Crippen LogP contribution in [0.5, 0.6) is 0 Å². The van der Waals surface area contributed by atoms with Crippen molar-refractivity contribution in [3.8, 4) is 0 Å². The van der Waals surface area contributed by atoms with Crippen LogP contribution in [-0.2, 0) is 23.7 Å². The molecule has 56 heavy (non-hydrogen) atoms. The molecule has 1 fully saturated rings. The van der Waals surface area contributed by atoms with E-state index in [1.165, 1.54) is 103 Å². The molecule has 1 heterocycles. The number of hydrogen-bond donors (Lipinski definition) is 4. The molecule has 0 radical (unpaired) electrons. The number of esters is 1. The first-order valence-electron chi connectivity index (χ1n) is 22.4. The van der Waals surface area contributed by atoms with Gasteiger partial charge in [0.1, 0.15) is 30.5 Å². The van der Waals surface area contributed by atoms with Gasteiger partial charge in [0.2, 0.25) is 0 Å². The van der Waals surface area contributed by atoms with Crippen LogP contribution in [0.4, 0.5) is 0 Å². The van der Waals surface area contributed by atoms with E-state index in [9.17, 15) is 25.2 Å². The number of hydrogen-bond acceptors (Lipinski definition) is 9. The van der Waals surface area contributed by atoms with Crippen molar-refractivity contribution in [1.29, 1.82) is 0 Å². The van der Waals surface area contributed by atoms with E-state index in [2.05, 4.69) is 62.5 Å². The number of unbranched alkanes of at least 4 members (excludes halogenated alkanes) is 16. The highest BCUT2D eigenvalue weighted by molar-refractivity contribution is 5.69. The van der Waals surface area contributed by atoms with Crippen molar-refractivity contribution in [2.24, 2.45) is 0 Å². The van der Waals surface area contributed by atoms with Gasteiger partial charge in [0.05, 0.1) is 19.8 Å². The first-order chi connectivity index (χ1) is 27.4. The van der Waals surface area contributed by atoms with Gasteiger partial charge in [-0.1, -0.05) is 158 Å². The van der Waals surface area contributed by atoms with Crippen LogP contribution in [0.3, 0.4) is 0 Å². The van der Waals surface area contributed by atoms with Crippen molar-refractivity contribution >= 4 is 5.97 Å². The molecule has 0 bridgehead atoms. The Kier molecular flexibility index (Phi) is 35.6. The highest BCUT2D eigenvalue weighted by Gasteiger charge is 2.44. The minimum absolute atomic E-state index is 0.113. The van der Waals surface area contributed by atoms with Crippen LogP contribution in [0.25, 0.3) is 0 Å². The summed E-state index contributed by atoms with van der Waals surface area (Å²) in [5.41, 5.74) is 0. The van der Waals surface area contributed by atoms with Crippen LogP contribution in [-0.4, -0.2) is 89.6 Å². The molecule has 0 spiro atoms. The highest BCUT2D eigenvalue weighted by Crippen LogP contribution is 2.22. The predicted molar refractivity (Wildman–Crippen MR) is 228 cm³/mol. The maximum atomic E-state index is 12.7. The second-order valence-electron chi connectivity index (χ2n) is 15.1. The van der Waals surface area contributed by atoms with Crippen LogP contribution in [0.1, 0.15) is 168 Å². The monoisotopic (exact) mass is 791 g/mol. The minimum Gasteiger partial charge on any atom is -0.457 e. The van der Waals surface area contributed by atoms with Gasteiger partial charge in [-0.25, -0.2) is 0 Å². The third-order valence-corrected chi connectivity index (χ3v) is 9.93. The maximum absolute atomic E-state index is 12.7. The summed E-state index contributed by atoms with van der Waals surface area (Å²) in [6.45, 7) is 4.34. The first kappa shape index (κ1) is 51.9. The summed E-state index contributed by atoms with van der Waals surface area (Å²) in [4.78, 5) is 12.7. The minimum atomic E-state index is -1.55. The zero-order chi connectivity index (χ0) is 40.7. The largest absolute Gasteiger partial charge is 0.457 e. The number of aliphatic hydroxyl groups excluding tert-OH is 4. The molecule has 0 saturated carbocycles. The van der Waals surface area contributed by atoms with E-state index in [1.54, 1.807) is 0 Å². The van der Waals surface area contributed by atoms with Gasteiger partial charge in [-0.05, 0) is 64.2 Å².